The molecular weight excluding hydrogens is 375 g/mol. The van der Waals surface area contributed by atoms with E-state index < -0.39 is 13.0 Å². The second-order valence-corrected chi connectivity index (χ2v) is 5.59. The normalized spacial score (nSPS) is 23.4. The summed E-state index contributed by atoms with van der Waals surface area (Å²) in [5.41, 5.74) is 0. The van der Waals surface area contributed by atoms with E-state index in [4.69, 9.17) is 0 Å². The van der Waals surface area contributed by atoms with E-state index in [1.54, 1.807) is 0 Å². The summed E-state index contributed by atoms with van der Waals surface area (Å²) in [4.78, 5) is 5.97. The predicted octanol–water partition coefficient (Wildman–Crippen LogP) is 3.59. The maximum Gasteiger partial charge on any atom is 0.257 e. The first-order valence-corrected chi connectivity index (χ1v) is 7.30. The molecule has 1 fully saturated rings. The summed E-state index contributed by atoms with van der Waals surface area (Å²) in [5.74, 6) is 2.10. The Labute approximate surface area is 138 Å². The second-order valence-electron chi connectivity index (χ2n) is 5.59. The monoisotopic (exact) mass is 403 g/mol. The average Bonchev–Trinajstić information content (AvgIpc) is 2.37. The number of rotatable bonds is 5. The van der Waals surface area contributed by atoms with Crippen molar-refractivity contribution in [2.45, 2.75) is 46.0 Å². The van der Waals surface area contributed by atoms with Gasteiger partial charge in [0.25, 0.3) is 6.43 Å². The van der Waals surface area contributed by atoms with E-state index in [1.807, 2.05) is 18.9 Å². The molecule has 1 saturated carbocycles. The van der Waals surface area contributed by atoms with Gasteiger partial charge in [0, 0.05) is 20.1 Å². The first kappa shape index (κ1) is 19.9. The summed E-state index contributed by atoms with van der Waals surface area (Å²) in [6.07, 6.45) is 2.66. The quantitative estimate of drug-likeness (QED) is 0.432. The predicted molar refractivity (Wildman–Crippen MR) is 91.1 cm³/mol. The molecule has 120 valence electrons. The van der Waals surface area contributed by atoms with Gasteiger partial charge < -0.3 is 10.2 Å². The molecule has 0 radical (unpaired) electrons. The van der Waals surface area contributed by atoms with Crippen LogP contribution in [0.2, 0.25) is 0 Å². The fourth-order valence-corrected chi connectivity index (χ4v) is 2.61. The van der Waals surface area contributed by atoms with Crippen LogP contribution in [-0.2, 0) is 0 Å². The van der Waals surface area contributed by atoms with E-state index in [1.165, 1.54) is 25.7 Å². The fourth-order valence-electron chi connectivity index (χ4n) is 2.61. The summed E-state index contributed by atoms with van der Waals surface area (Å²) >= 11 is 0. The standard InChI is InChI=1S/C14H27F2N3.HI/c1-4-17-14(18-9-13(15)16)19(3)10-12-7-5-11(2)6-8-12;/h11-13H,4-10H2,1-3H3,(H,17,18);1H. The molecule has 1 N–H and O–H groups in total. The maximum atomic E-state index is 12.2. The molecule has 0 amide bonds. The Balaban J connectivity index is 0.00000361. The Morgan fingerprint density at radius 3 is 2.40 bits per heavy atom. The van der Waals surface area contributed by atoms with Crippen molar-refractivity contribution in [3.8, 4) is 0 Å². The molecule has 0 spiro atoms. The number of hydrogen-bond acceptors (Lipinski definition) is 1. The zero-order valence-electron chi connectivity index (χ0n) is 12.7. The third kappa shape index (κ3) is 7.59. The van der Waals surface area contributed by atoms with Gasteiger partial charge in [0.15, 0.2) is 5.96 Å². The van der Waals surface area contributed by atoms with Crippen molar-refractivity contribution in [1.29, 1.82) is 0 Å². The summed E-state index contributed by atoms with van der Waals surface area (Å²) in [7, 11) is 1.94. The lowest BCUT2D eigenvalue weighted by Gasteiger charge is -2.31. The number of aliphatic imine (C=N–C) groups is 1. The van der Waals surface area contributed by atoms with Crippen molar-refractivity contribution < 1.29 is 8.78 Å². The Bertz CT molecular complexity index is 280. The van der Waals surface area contributed by atoms with Crippen molar-refractivity contribution in [1.82, 2.24) is 10.2 Å². The summed E-state index contributed by atoms with van der Waals surface area (Å²) in [6, 6.07) is 0. The topological polar surface area (TPSA) is 27.6 Å². The molecule has 1 aliphatic rings. The minimum atomic E-state index is -2.38. The number of guanidine groups is 1. The highest BCUT2D eigenvalue weighted by Gasteiger charge is 2.20. The maximum absolute atomic E-state index is 12.2. The van der Waals surface area contributed by atoms with Gasteiger partial charge in [-0.1, -0.05) is 19.8 Å². The molecule has 0 heterocycles. The third-order valence-electron chi connectivity index (χ3n) is 3.74. The molecule has 1 rings (SSSR count). The largest absolute Gasteiger partial charge is 0.357 e. The van der Waals surface area contributed by atoms with Crippen LogP contribution in [-0.4, -0.2) is 44.0 Å². The van der Waals surface area contributed by atoms with Gasteiger partial charge in [-0.3, -0.25) is 0 Å². The molecular formula is C14H28F2IN3. The lowest BCUT2D eigenvalue weighted by atomic mass is 9.83. The third-order valence-corrected chi connectivity index (χ3v) is 3.74. The van der Waals surface area contributed by atoms with E-state index in [0.717, 1.165) is 12.5 Å². The van der Waals surface area contributed by atoms with Crippen LogP contribution in [0, 0.1) is 11.8 Å². The molecule has 0 aromatic rings. The van der Waals surface area contributed by atoms with Crippen LogP contribution < -0.4 is 5.32 Å². The molecule has 0 aromatic heterocycles. The number of hydrogen-bond donors (Lipinski definition) is 1. The summed E-state index contributed by atoms with van der Waals surface area (Å²) in [6.45, 7) is 5.44. The lowest BCUT2D eigenvalue weighted by molar-refractivity contribution is 0.158. The number of nitrogens with zero attached hydrogens (tertiary/aromatic N) is 2. The van der Waals surface area contributed by atoms with Crippen LogP contribution >= 0.6 is 24.0 Å². The van der Waals surface area contributed by atoms with E-state index in [9.17, 15) is 8.78 Å². The van der Waals surface area contributed by atoms with E-state index in [0.29, 0.717) is 18.4 Å². The van der Waals surface area contributed by atoms with Crippen LogP contribution in [0.3, 0.4) is 0 Å². The Morgan fingerprint density at radius 2 is 1.90 bits per heavy atom. The van der Waals surface area contributed by atoms with E-state index in [2.05, 4.69) is 17.2 Å². The zero-order valence-corrected chi connectivity index (χ0v) is 15.1. The van der Waals surface area contributed by atoms with Gasteiger partial charge in [0.1, 0.15) is 6.54 Å². The smallest absolute Gasteiger partial charge is 0.257 e. The van der Waals surface area contributed by atoms with Crippen LogP contribution in [0.4, 0.5) is 8.78 Å². The molecule has 0 bridgehead atoms. The van der Waals surface area contributed by atoms with Gasteiger partial charge in [0.2, 0.25) is 0 Å². The molecule has 1 aliphatic carbocycles. The van der Waals surface area contributed by atoms with Crippen molar-refractivity contribution in [3.63, 3.8) is 0 Å². The summed E-state index contributed by atoms with van der Waals surface area (Å²) < 4.78 is 24.5. The second kappa shape index (κ2) is 10.6. The molecule has 6 heteroatoms. The molecule has 0 atom stereocenters. The Morgan fingerprint density at radius 1 is 1.30 bits per heavy atom. The summed E-state index contributed by atoms with van der Waals surface area (Å²) in [5, 5.41) is 3.08. The van der Waals surface area contributed by atoms with Gasteiger partial charge in [-0.2, -0.15) is 0 Å². The Hall–Kier alpha value is -0.140. The van der Waals surface area contributed by atoms with Crippen LogP contribution in [0.5, 0.6) is 0 Å². The van der Waals surface area contributed by atoms with Crippen LogP contribution in [0.1, 0.15) is 39.5 Å². The number of nitrogens with one attached hydrogen (secondary N) is 1. The highest BCUT2D eigenvalue weighted by Crippen LogP contribution is 2.28. The molecule has 20 heavy (non-hydrogen) atoms. The van der Waals surface area contributed by atoms with Crippen molar-refractivity contribution in [2.75, 3.05) is 26.7 Å². The first-order chi connectivity index (χ1) is 9.02. The first-order valence-electron chi connectivity index (χ1n) is 7.30. The van der Waals surface area contributed by atoms with Gasteiger partial charge in [-0.25, -0.2) is 13.8 Å². The molecule has 3 nitrogen and oxygen atoms in total. The van der Waals surface area contributed by atoms with Gasteiger partial charge in [-0.15, -0.1) is 24.0 Å². The van der Waals surface area contributed by atoms with E-state index >= 15 is 0 Å². The average molecular weight is 403 g/mol. The zero-order chi connectivity index (χ0) is 14.3. The highest BCUT2D eigenvalue weighted by atomic mass is 127. The van der Waals surface area contributed by atoms with Crippen LogP contribution in [0.25, 0.3) is 0 Å². The SMILES string of the molecule is CCNC(=NCC(F)F)N(C)CC1CCC(C)CC1.I. The molecule has 0 saturated heterocycles. The molecule has 0 aromatic carbocycles. The van der Waals surface area contributed by atoms with E-state index in [-0.39, 0.29) is 24.0 Å². The molecule has 0 aliphatic heterocycles. The Kier molecular flexibility index (Phi) is 10.5. The van der Waals surface area contributed by atoms with Crippen LogP contribution in [0.15, 0.2) is 4.99 Å². The highest BCUT2D eigenvalue weighted by molar-refractivity contribution is 14.0. The van der Waals surface area contributed by atoms with Gasteiger partial charge in [-0.05, 0) is 31.6 Å². The number of alkyl halides is 2. The van der Waals surface area contributed by atoms with Gasteiger partial charge in [0.05, 0.1) is 0 Å². The minimum absolute atomic E-state index is 0. The van der Waals surface area contributed by atoms with Crippen molar-refractivity contribution in [2.24, 2.45) is 16.8 Å². The lowest BCUT2D eigenvalue weighted by Crippen LogP contribution is -2.42. The van der Waals surface area contributed by atoms with Gasteiger partial charge >= 0.3 is 0 Å². The minimum Gasteiger partial charge on any atom is -0.357 e. The number of halogens is 3. The van der Waals surface area contributed by atoms with Crippen molar-refractivity contribution >= 4 is 29.9 Å². The fraction of sp³-hybridized carbons (Fsp3) is 0.929. The molecule has 0 unspecified atom stereocenters. The van der Waals surface area contributed by atoms with Crippen molar-refractivity contribution in [3.05, 3.63) is 0 Å².